The Kier molecular flexibility index (Phi) is 3.28. The average molecular weight is 340 g/mol. The molecule has 0 spiro atoms. The van der Waals surface area contributed by atoms with Crippen molar-refractivity contribution < 1.29 is 14.6 Å². The molecule has 6 rings (SSSR count). The Morgan fingerprint density at radius 2 is 2.24 bits per heavy atom. The second kappa shape index (κ2) is 5.32. The smallest absolute Gasteiger partial charge is 0.319 e. The third-order valence-corrected chi connectivity index (χ3v) is 6.75. The Bertz CT molecular complexity index is 845. The van der Waals surface area contributed by atoms with Gasteiger partial charge >= 0.3 is 5.97 Å². The highest BCUT2D eigenvalue weighted by atomic mass is 16.5. The molecule has 3 fully saturated rings. The number of carbonyl (C=O) groups is 1. The summed E-state index contributed by atoms with van der Waals surface area (Å²) in [5, 5.41) is 11.7. The molecule has 4 aliphatic rings. The van der Waals surface area contributed by atoms with Crippen LogP contribution in [0.5, 0.6) is 0 Å². The normalized spacial score (nSPS) is 36.6. The van der Waals surface area contributed by atoms with Crippen LogP contribution in [0.4, 0.5) is 0 Å². The third-order valence-electron chi connectivity index (χ3n) is 6.75. The number of esters is 1. The number of carbonyl (C=O) groups excluding carboxylic acids is 1. The zero-order valence-electron chi connectivity index (χ0n) is 14.5. The Morgan fingerprint density at radius 3 is 3.04 bits per heavy atom. The standard InChI is InChI=1S/C20H24N2O3/c1-25-19(24)20-10-12-11-22(17(20)9-16(12)23)8-4-6-14-13-5-2-3-7-15(13)21-18(14)20/h2-3,5,7,12,16-17,21,23H,4,6,8-11H2,1H3/t12-,16?,17?,20-/m0/s1. The molecule has 1 aromatic carbocycles. The topological polar surface area (TPSA) is 65.6 Å². The van der Waals surface area contributed by atoms with E-state index in [9.17, 15) is 9.90 Å². The van der Waals surface area contributed by atoms with E-state index in [1.165, 1.54) is 18.1 Å². The van der Waals surface area contributed by atoms with Crippen LogP contribution < -0.4 is 0 Å². The summed E-state index contributed by atoms with van der Waals surface area (Å²) in [6.45, 7) is 1.87. The lowest BCUT2D eigenvalue weighted by Crippen LogP contribution is -2.68. The molecule has 4 heterocycles. The number of nitrogens with one attached hydrogen (secondary N) is 1. The average Bonchev–Trinajstić information content (AvgIpc) is 3.00. The molecule has 2 N–H and O–H groups in total. The van der Waals surface area contributed by atoms with Gasteiger partial charge in [-0.3, -0.25) is 9.69 Å². The minimum Gasteiger partial charge on any atom is -0.468 e. The van der Waals surface area contributed by atoms with Crippen LogP contribution in [0.2, 0.25) is 0 Å². The summed E-state index contributed by atoms with van der Waals surface area (Å²) in [6.07, 6.45) is 3.04. The predicted molar refractivity (Wildman–Crippen MR) is 94.4 cm³/mol. The zero-order valence-corrected chi connectivity index (χ0v) is 14.5. The summed E-state index contributed by atoms with van der Waals surface area (Å²) in [4.78, 5) is 19.2. The van der Waals surface area contributed by atoms with Gasteiger partial charge in [-0.2, -0.15) is 0 Å². The number of nitrogens with zero attached hydrogens (tertiary/aromatic N) is 1. The quantitative estimate of drug-likeness (QED) is 0.779. The van der Waals surface area contributed by atoms with Crippen LogP contribution in [-0.4, -0.2) is 53.3 Å². The number of para-hydroxylation sites is 1. The van der Waals surface area contributed by atoms with Crippen LogP contribution in [0.15, 0.2) is 24.3 Å². The van der Waals surface area contributed by atoms with Gasteiger partial charge in [0.15, 0.2) is 0 Å². The van der Waals surface area contributed by atoms with Crippen molar-refractivity contribution in [3.05, 3.63) is 35.5 Å². The monoisotopic (exact) mass is 340 g/mol. The Balaban J connectivity index is 1.79. The van der Waals surface area contributed by atoms with E-state index in [4.69, 9.17) is 4.74 Å². The number of benzene rings is 1. The fourth-order valence-electron chi connectivity index (χ4n) is 5.70. The first-order chi connectivity index (χ1) is 12.1. The number of hydrogen-bond acceptors (Lipinski definition) is 4. The first kappa shape index (κ1) is 15.4. The van der Waals surface area contributed by atoms with Crippen LogP contribution in [0.25, 0.3) is 10.9 Å². The van der Waals surface area contributed by atoms with Gasteiger partial charge in [-0.25, -0.2) is 0 Å². The van der Waals surface area contributed by atoms with Crippen LogP contribution in [0.1, 0.15) is 30.5 Å². The summed E-state index contributed by atoms with van der Waals surface area (Å²) in [7, 11) is 1.49. The van der Waals surface area contributed by atoms with Crippen molar-refractivity contribution >= 4 is 16.9 Å². The minimum atomic E-state index is -0.689. The number of aliphatic hydroxyl groups is 1. The number of aromatic nitrogens is 1. The highest BCUT2D eigenvalue weighted by Crippen LogP contribution is 2.52. The van der Waals surface area contributed by atoms with Crippen LogP contribution in [0.3, 0.4) is 0 Å². The molecular formula is C20H24N2O3. The number of methoxy groups -OCH3 is 1. The van der Waals surface area contributed by atoms with Crippen molar-refractivity contribution in [3.63, 3.8) is 0 Å². The molecule has 1 saturated carbocycles. The van der Waals surface area contributed by atoms with E-state index in [0.29, 0.717) is 12.8 Å². The van der Waals surface area contributed by atoms with Crippen molar-refractivity contribution in [2.75, 3.05) is 20.2 Å². The molecule has 1 aliphatic carbocycles. The first-order valence-corrected chi connectivity index (χ1v) is 9.25. The van der Waals surface area contributed by atoms with E-state index in [2.05, 4.69) is 28.1 Å². The van der Waals surface area contributed by atoms with Gasteiger partial charge in [-0.15, -0.1) is 0 Å². The maximum Gasteiger partial charge on any atom is 0.319 e. The van der Waals surface area contributed by atoms with Gasteiger partial charge in [0, 0.05) is 29.2 Å². The Hall–Kier alpha value is -1.85. The lowest BCUT2D eigenvalue weighted by molar-refractivity contribution is -0.166. The molecule has 0 radical (unpaired) electrons. The molecule has 2 aromatic rings. The molecule has 5 nitrogen and oxygen atoms in total. The maximum absolute atomic E-state index is 13.1. The number of rotatable bonds is 1. The molecule has 5 heteroatoms. The fraction of sp³-hybridized carbons (Fsp3) is 0.550. The van der Waals surface area contributed by atoms with Crippen molar-refractivity contribution in [2.24, 2.45) is 5.92 Å². The molecule has 4 bridgehead atoms. The molecule has 1 aromatic heterocycles. The third kappa shape index (κ3) is 1.94. The Morgan fingerprint density at radius 1 is 1.40 bits per heavy atom. The largest absolute Gasteiger partial charge is 0.468 e. The highest BCUT2D eigenvalue weighted by Gasteiger charge is 2.61. The van der Waals surface area contributed by atoms with E-state index in [-0.39, 0.29) is 24.0 Å². The number of aromatic amines is 1. The molecular weight excluding hydrogens is 316 g/mol. The lowest BCUT2D eigenvalue weighted by atomic mass is 9.58. The summed E-state index contributed by atoms with van der Waals surface area (Å²) >= 11 is 0. The number of H-pyrrole nitrogens is 1. The van der Waals surface area contributed by atoms with E-state index < -0.39 is 5.41 Å². The van der Waals surface area contributed by atoms with Gasteiger partial charge in [0.05, 0.1) is 13.2 Å². The van der Waals surface area contributed by atoms with Gasteiger partial charge in [-0.1, -0.05) is 18.2 Å². The van der Waals surface area contributed by atoms with Crippen molar-refractivity contribution in [1.82, 2.24) is 9.88 Å². The Labute approximate surface area is 147 Å². The zero-order chi connectivity index (χ0) is 17.2. The first-order valence-electron chi connectivity index (χ1n) is 9.25. The second-order valence-corrected chi connectivity index (χ2v) is 7.87. The van der Waals surface area contributed by atoms with Gasteiger partial charge in [0.1, 0.15) is 5.41 Å². The second-order valence-electron chi connectivity index (χ2n) is 7.87. The van der Waals surface area contributed by atoms with E-state index >= 15 is 0 Å². The predicted octanol–water partition coefficient (Wildman–Crippen LogP) is 1.98. The fourth-order valence-corrected chi connectivity index (χ4v) is 5.70. The number of fused-ring (bicyclic) bond motifs is 4. The summed E-state index contributed by atoms with van der Waals surface area (Å²) in [5.74, 6) is -0.0322. The van der Waals surface area contributed by atoms with Crippen molar-refractivity contribution in [3.8, 4) is 0 Å². The number of hydrogen-bond donors (Lipinski definition) is 2. The number of aliphatic hydroxyl groups excluding tert-OH is 1. The van der Waals surface area contributed by atoms with Crippen molar-refractivity contribution in [2.45, 2.75) is 43.2 Å². The maximum atomic E-state index is 13.1. The van der Waals surface area contributed by atoms with E-state index in [0.717, 1.165) is 37.1 Å². The lowest BCUT2D eigenvalue weighted by Gasteiger charge is -2.57. The molecule has 0 amide bonds. The SMILES string of the molecule is COC(=O)[C@]12C[C@H]3CN(CCCc4c1[nH]c1ccccc41)C2CC3O. The molecule has 2 saturated heterocycles. The molecule has 132 valence electrons. The summed E-state index contributed by atoms with van der Waals surface area (Å²) in [6, 6.07) is 8.32. The molecule has 5 atom stereocenters. The molecule has 3 aliphatic heterocycles. The minimum absolute atomic E-state index is 0.00654. The van der Waals surface area contributed by atoms with Gasteiger partial charge < -0.3 is 14.8 Å². The molecule has 25 heavy (non-hydrogen) atoms. The number of aryl methyl sites for hydroxylation is 1. The van der Waals surface area contributed by atoms with Crippen LogP contribution in [0, 0.1) is 5.92 Å². The van der Waals surface area contributed by atoms with E-state index in [1.54, 1.807) is 0 Å². The van der Waals surface area contributed by atoms with Gasteiger partial charge in [0.25, 0.3) is 0 Å². The van der Waals surface area contributed by atoms with Crippen LogP contribution in [-0.2, 0) is 21.4 Å². The van der Waals surface area contributed by atoms with Crippen molar-refractivity contribution in [1.29, 1.82) is 0 Å². The number of piperidine rings is 2. The van der Waals surface area contributed by atoms with Gasteiger partial charge in [0.2, 0.25) is 0 Å². The number of ether oxygens (including phenoxy) is 1. The molecule has 3 unspecified atom stereocenters. The summed E-state index contributed by atoms with van der Waals surface area (Å²) in [5.41, 5.74) is 2.70. The summed E-state index contributed by atoms with van der Waals surface area (Å²) < 4.78 is 5.34. The van der Waals surface area contributed by atoms with Gasteiger partial charge in [-0.05, 0) is 49.8 Å². The van der Waals surface area contributed by atoms with Crippen LogP contribution >= 0.6 is 0 Å². The van der Waals surface area contributed by atoms with E-state index in [1.807, 2.05) is 6.07 Å². The highest BCUT2D eigenvalue weighted by molar-refractivity contribution is 5.91.